The van der Waals surface area contributed by atoms with Crippen LogP contribution in [0.15, 0.2) is 24.8 Å². The summed E-state index contributed by atoms with van der Waals surface area (Å²) >= 11 is 0. The molecule has 1 rings (SSSR count). The molecule has 0 radical (unpaired) electrons. The minimum Gasteiger partial charge on any atom is -0.444 e. The normalized spacial score (nSPS) is 18.4. The van der Waals surface area contributed by atoms with Crippen molar-refractivity contribution in [3.05, 3.63) is 24.8 Å². The summed E-state index contributed by atoms with van der Waals surface area (Å²) in [6.45, 7) is 15.4. The molecule has 0 saturated heterocycles. The van der Waals surface area contributed by atoms with Crippen molar-refractivity contribution in [2.75, 3.05) is 0 Å². The second-order valence-electron chi connectivity index (χ2n) is 7.66. The Labute approximate surface area is 149 Å². The Morgan fingerprint density at radius 3 is 2.12 bits per heavy atom. The molecule has 8 heteroatoms. The van der Waals surface area contributed by atoms with Gasteiger partial charge in [0.1, 0.15) is 15.9 Å². The van der Waals surface area contributed by atoms with Gasteiger partial charge in [0.2, 0.25) is 10.0 Å². The number of nitrogens with one attached hydrogen (secondary N) is 2. The highest BCUT2D eigenvalue weighted by Gasteiger charge is 2.56. The Bertz CT molecular complexity index is 686. The van der Waals surface area contributed by atoms with E-state index in [4.69, 9.17) is 4.74 Å². The number of rotatable bonds is 7. The molecule has 1 unspecified atom stereocenters. The van der Waals surface area contributed by atoms with E-state index in [9.17, 15) is 18.0 Å². The molecule has 142 valence electrons. The zero-order chi connectivity index (χ0) is 19.7. The van der Waals surface area contributed by atoms with E-state index >= 15 is 0 Å². The largest absolute Gasteiger partial charge is 0.444 e. The molecule has 1 aliphatic carbocycles. The van der Waals surface area contributed by atoms with E-state index in [-0.39, 0.29) is 6.42 Å². The summed E-state index contributed by atoms with van der Waals surface area (Å²) in [6.07, 6.45) is 1.49. The smallest absolute Gasteiger partial charge is 0.408 e. The molecule has 2 N–H and O–H groups in total. The molecule has 0 bridgehead atoms. The van der Waals surface area contributed by atoms with Crippen molar-refractivity contribution in [2.45, 2.75) is 69.8 Å². The van der Waals surface area contributed by atoms with Crippen LogP contribution in [0.1, 0.15) is 53.9 Å². The fraction of sp³-hybridized carbons (Fsp3) is 0.647. The number of ether oxygens (including phenoxy) is 1. The minimum atomic E-state index is -3.95. The van der Waals surface area contributed by atoms with Crippen LogP contribution in [0, 0.1) is 0 Å². The van der Waals surface area contributed by atoms with Crippen LogP contribution in [0.2, 0.25) is 0 Å². The van der Waals surface area contributed by atoms with E-state index in [0.29, 0.717) is 18.4 Å². The molecule has 1 aliphatic rings. The van der Waals surface area contributed by atoms with Gasteiger partial charge in [0.05, 0.1) is 0 Å². The Balaban J connectivity index is 2.98. The SMILES string of the molecule is C=CCC(C)(NC(=O)OC(C)(C)C)C(=O)NS(=O)(=O)C1(C(=C)C)CC1. The van der Waals surface area contributed by atoms with E-state index in [1.807, 2.05) is 0 Å². The number of carbonyl (C=O) groups is 2. The first-order valence-corrected chi connectivity index (χ1v) is 9.52. The molecule has 7 nitrogen and oxygen atoms in total. The predicted molar refractivity (Wildman–Crippen MR) is 96.4 cm³/mol. The van der Waals surface area contributed by atoms with E-state index in [2.05, 4.69) is 23.2 Å². The standard InChI is InChI=1S/C17H28N2O5S/c1-8-9-16(7,18-14(21)24-15(4,5)6)13(20)19-25(22,23)17(10-11-17)12(2)3/h8H,1-2,9-11H2,3-7H3,(H,18,21)(H,19,20). The number of alkyl carbamates (subject to hydrolysis) is 1. The van der Waals surface area contributed by atoms with Crippen LogP contribution in [-0.2, 0) is 19.6 Å². The van der Waals surface area contributed by atoms with Crippen LogP contribution in [0.5, 0.6) is 0 Å². The lowest BCUT2D eigenvalue weighted by atomic mass is 9.97. The number of carbonyl (C=O) groups excluding carboxylic acids is 2. The molecule has 0 aromatic rings. The van der Waals surface area contributed by atoms with Gasteiger partial charge < -0.3 is 10.1 Å². The highest BCUT2D eigenvalue weighted by atomic mass is 32.2. The third-order valence-corrected chi connectivity index (χ3v) is 6.29. The molecule has 0 aromatic carbocycles. The van der Waals surface area contributed by atoms with Crippen LogP contribution < -0.4 is 10.0 Å². The van der Waals surface area contributed by atoms with Crippen molar-refractivity contribution >= 4 is 22.0 Å². The van der Waals surface area contributed by atoms with Crippen molar-refractivity contribution in [3.8, 4) is 0 Å². The van der Waals surface area contributed by atoms with Gasteiger partial charge in [-0.2, -0.15) is 0 Å². The highest BCUT2D eigenvalue weighted by Crippen LogP contribution is 2.48. The third-order valence-electron chi connectivity index (χ3n) is 4.05. The summed E-state index contributed by atoms with van der Waals surface area (Å²) in [4.78, 5) is 24.7. The summed E-state index contributed by atoms with van der Waals surface area (Å²) in [5.41, 5.74) is -1.78. The van der Waals surface area contributed by atoms with Crippen molar-refractivity contribution in [2.24, 2.45) is 0 Å². The van der Waals surface area contributed by atoms with Gasteiger partial charge in [0, 0.05) is 0 Å². The van der Waals surface area contributed by atoms with Gasteiger partial charge in [-0.25, -0.2) is 13.2 Å². The van der Waals surface area contributed by atoms with Gasteiger partial charge in [-0.05, 0) is 53.9 Å². The molecule has 0 aromatic heterocycles. The molecule has 0 heterocycles. The molecule has 25 heavy (non-hydrogen) atoms. The van der Waals surface area contributed by atoms with Crippen LogP contribution in [0.3, 0.4) is 0 Å². The van der Waals surface area contributed by atoms with Gasteiger partial charge in [0.25, 0.3) is 5.91 Å². The molecule has 1 fully saturated rings. The lowest BCUT2D eigenvalue weighted by Gasteiger charge is -2.30. The van der Waals surface area contributed by atoms with Crippen molar-refractivity contribution in [1.82, 2.24) is 10.0 Å². The molecular weight excluding hydrogens is 344 g/mol. The topological polar surface area (TPSA) is 102 Å². The number of hydrogen-bond donors (Lipinski definition) is 2. The van der Waals surface area contributed by atoms with Crippen LogP contribution in [0.25, 0.3) is 0 Å². The zero-order valence-corrected chi connectivity index (χ0v) is 16.4. The van der Waals surface area contributed by atoms with Gasteiger partial charge >= 0.3 is 6.09 Å². The van der Waals surface area contributed by atoms with Gasteiger partial charge in [-0.3, -0.25) is 9.52 Å². The van der Waals surface area contributed by atoms with Gasteiger partial charge in [-0.15, -0.1) is 6.58 Å². The summed E-state index contributed by atoms with van der Waals surface area (Å²) < 4.78 is 31.3. The minimum absolute atomic E-state index is 0.0354. The number of amides is 2. The second-order valence-corrected chi connectivity index (χ2v) is 9.65. The monoisotopic (exact) mass is 372 g/mol. The first kappa shape index (κ1) is 21.2. The fourth-order valence-corrected chi connectivity index (χ4v) is 4.15. The third kappa shape index (κ3) is 4.84. The number of sulfonamides is 1. The second kappa shape index (κ2) is 6.82. The maximum Gasteiger partial charge on any atom is 0.408 e. The first-order valence-electron chi connectivity index (χ1n) is 8.04. The van der Waals surface area contributed by atoms with E-state index in [1.54, 1.807) is 27.7 Å². The highest BCUT2D eigenvalue weighted by molar-refractivity contribution is 7.92. The van der Waals surface area contributed by atoms with Crippen molar-refractivity contribution in [3.63, 3.8) is 0 Å². The zero-order valence-electron chi connectivity index (χ0n) is 15.6. The summed E-state index contributed by atoms with van der Waals surface area (Å²) in [7, 11) is -3.95. The first-order chi connectivity index (χ1) is 11.2. The molecule has 0 aliphatic heterocycles. The van der Waals surface area contributed by atoms with Gasteiger partial charge in [0.15, 0.2) is 0 Å². The molecular formula is C17H28N2O5S. The van der Waals surface area contributed by atoms with E-state index in [0.717, 1.165) is 0 Å². The Kier molecular flexibility index (Phi) is 5.79. The van der Waals surface area contributed by atoms with Gasteiger partial charge in [-0.1, -0.05) is 18.2 Å². The molecule has 1 atom stereocenters. The lowest BCUT2D eigenvalue weighted by Crippen LogP contribution is -2.59. The van der Waals surface area contributed by atoms with Crippen LogP contribution in [0.4, 0.5) is 4.79 Å². The maximum atomic E-state index is 12.6. The predicted octanol–water partition coefficient (Wildman–Crippen LogP) is 2.40. The average Bonchev–Trinajstić information content (AvgIpc) is 3.16. The molecule has 0 spiro atoms. The Morgan fingerprint density at radius 2 is 1.76 bits per heavy atom. The van der Waals surface area contributed by atoms with Crippen LogP contribution in [-0.4, -0.2) is 36.3 Å². The van der Waals surface area contributed by atoms with Crippen molar-refractivity contribution in [1.29, 1.82) is 0 Å². The fourth-order valence-electron chi connectivity index (χ4n) is 2.39. The average molecular weight is 372 g/mol. The maximum absolute atomic E-state index is 12.6. The summed E-state index contributed by atoms with van der Waals surface area (Å²) in [5.74, 6) is -0.842. The van der Waals surface area contributed by atoms with E-state index in [1.165, 1.54) is 13.0 Å². The Hall–Kier alpha value is -1.83. The lowest BCUT2D eigenvalue weighted by molar-refractivity contribution is -0.125. The van der Waals surface area contributed by atoms with E-state index < -0.39 is 37.9 Å². The summed E-state index contributed by atoms with van der Waals surface area (Å²) in [5, 5.41) is 2.44. The Morgan fingerprint density at radius 1 is 1.24 bits per heavy atom. The molecule has 2 amide bonds. The molecule has 1 saturated carbocycles. The number of hydrogen-bond acceptors (Lipinski definition) is 5. The van der Waals surface area contributed by atoms with Crippen LogP contribution >= 0.6 is 0 Å². The van der Waals surface area contributed by atoms with Crippen molar-refractivity contribution < 1.29 is 22.7 Å². The summed E-state index contributed by atoms with van der Waals surface area (Å²) in [6, 6.07) is 0. The quantitative estimate of drug-likeness (QED) is 0.668.